The van der Waals surface area contributed by atoms with Crippen molar-refractivity contribution in [2.75, 3.05) is 6.61 Å². The van der Waals surface area contributed by atoms with Crippen molar-refractivity contribution < 1.29 is 13.2 Å². The Morgan fingerprint density at radius 1 is 1.42 bits per heavy atom. The highest BCUT2D eigenvalue weighted by Crippen LogP contribution is 2.24. The van der Waals surface area contributed by atoms with Crippen molar-refractivity contribution in [1.82, 2.24) is 4.72 Å². The average molecular weight is 348 g/mol. The quantitative estimate of drug-likeness (QED) is 0.914. The minimum atomic E-state index is -3.48. The molecular weight excluding hydrogens is 330 g/mol. The molecule has 0 amide bonds. The van der Waals surface area contributed by atoms with Gasteiger partial charge in [0.15, 0.2) is 0 Å². The van der Waals surface area contributed by atoms with Crippen molar-refractivity contribution in [3.8, 4) is 0 Å². The van der Waals surface area contributed by atoms with E-state index in [1.54, 1.807) is 18.2 Å². The summed E-state index contributed by atoms with van der Waals surface area (Å²) < 4.78 is 33.5. The molecule has 19 heavy (non-hydrogen) atoms. The van der Waals surface area contributed by atoms with E-state index in [4.69, 9.17) is 4.74 Å². The van der Waals surface area contributed by atoms with Gasteiger partial charge in [0.2, 0.25) is 10.0 Å². The van der Waals surface area contributed by atoms with E-state index in [1.165, 1.54) is 0 Å². The zero-order chi connectivity index (χ0) is 14.0. The predicted molar refractivity (Wildman–Crippen MR) is 77.6 cm³/mol. The van der Waals surface area contributed by atoms with E-state index in [2.05, 4.69) is 20.7 Å². The second-order valence-electron chi connectivity index (χ2n) is 4.96. The van der Waals surface area contributed by atoms with Gasteiger partial charge in [-0.05, 0) is 60.3 Å². The molecule has 0 radical (unpaired) electrons. The van der Waals surface area contributed by atoms with Crippen LogP contribution in [0.4, 0.5) is 0 Å². The standard InChI is InChI=1S/C13H18BrNO3S/c1-9-3-4-13(12(14)7-9)19(16,17)15-11-5-6-18-10(2)8-11/h3-4,7,10-11,15H,5-6,8H2,1-2H3. The van der Waals surface area contributed by atoms with E-state index in [0.717, 1.165) is 5.56 Å². The molecule has 0 bridgehead atoms. The third-order valence-corrected chi connectivity index (χ3v) is 5.68. The highest BCUT2D eigenvalue weighted by Gasteiger charge is 2.26. The van der Waals surface area contributed by atoms with Gasteiger partial charge in [0.1, 0.15) is 0 Å². The van der Waals surface area contributed by atoms with Crippen molar-refractivity contribution in [3.05, 3.63) is 28.2 Å². The van der Waals surface area contributed by atoms with Gasteiger partial charge in [-0.2, -0.15) is 0 Å². The van der Waals surface area contributed by atoms with E-state index in [1.807, 2.05) is 13.8 Å². The molecule has 1 aliphatic heterocycles. The van der Waals surface area contributed by atoms with Crippen LogP contribution in [0, 0.1) is 6.92 Å². The first-order valence-corrected chi connectivity index (χ1v) is 8.56. The zero-order valence-corrected chi connectivity index (χ0v) is 13.4. The minimum absolute atomic E-state index is 0.0537. The summed E-state index contributed by atoms with van der Waals surface area (Å²) in [5.74, 6) is 0. The highest BCUT2D eigenvalue weighted by molar-refractivity contribution is 9.10. The lowest BCUT2D eigenvalue weighted by Crippen LogP contribution is -2.41. The summed E-state index contributed by atoms with van der Waals surface area (Å²) >= 11 is 3.32. The summed E-state index contributed by atoms with van der Waals surface area (Å²) in [5, 5.41) is 0. The van der Waals surface area contributed by atoms with Crippen molar-refractivity contribution in [1.29, 1.82) is 0 Å². The van der Waals surface area contributed by atoms with Crippen molar-refractivity contribution in [2.45, 2.75) is 43.7 Å². The molecule has 2 atom stereocenters. The first kappa shape index (κ1) is 15.0. The lowest BCUT2D eigenvalue weighted by Gasteiger charge is -2.27. The third kappa shape index (κ3) is 3.78. The highest BCUT2D eigenvalue weighted by atomic mass is 79.9. The topological polar surface area (TPSA) is 55.4 Å². The number of rotatable bonds is 3. The van der Waals surface area contributed by atoms with Crippen LogP contribution in [0.2, 0.25) is 0 Å². The second kappa shape index (κ2) is 5.91. The molecule has 0 spiro atoms. The van der Waals surface area contributed by atoms with Crippen LogP contribution in [0.3, 0.4) is 0 Å². The Kier molecular flexibility index (Phi) is 4.66. The monoisotopic (exact) mass is 347 g/mol. The number of sulfonamides is 1. The van der Waals surface area contributed by atoms with Crippen LogP contribution >= 0.6 is 15.9 Å². The third-order valence-electron chi connectivity index (χ3n) is 3.18. The van der Waals surface area contributed by atoms with Crippen LogP contribution in [0.15, 0.2) is 27.6 Å². The Morgan fingerprint density at radius 3 is 2.79 bits per heavy atom. The van der Waals surface area contributed by atoms with Gasteiger partial charge in [0.25, 0.3) is 0 Å². The molecule has 1 saturated heterocycles. The smallest absolute Gasteiger partial charge is 0.241 e. The van der Waals surface area contributed by atoms with E-state index < -0.39 is 10.0 Å². The van der Waals surface area contributed by atoms with Crippen molar-refractivity contribution in [2.24, 2.45) is 0 Å². The summed E-state index contributed by atoms with van der Waals surface area (Å²) in [6.07, 6.45) is 1.53. The van der Waals surface area contributed by atoms with Crippen molar-refractivity contribution >= 4 is 26.0 Å². The largest absolute Gasteiger partial charge is 0.378 e. The second-order valence-corrected chi connectivity index (χ2v) is 7.49. The summed E-state index contributed by atoms with van der Waals surface area (Å²) in [4.78, 5) is 0.289. The summed E-state index contributed by atoms with van der Waals surface area (Å²) in [7, 11) is -3.48. The Morgan fingerprint density at radius 2 is 2.16 bits per heavy atom. The number of nitrogens with one attached hydrogen (secondary N) is 1. The minimum Gasteiger partial charge on any atom is -0.378 e. The van der Waals surface area contributed by atoms with Crippen LogP contribution in [-0.2, 0) is 14.8 Å². The first-order valence-electron chi connectivity index (χ1n) is 6.28. The number of ether oxygens (including phenoxy) is 1. The average Bonchev–Trinajstić information content (AvgIpc) is 2.27. The first-order chi connectivity index (χ1) is 8.88. The fourth-order valence-corrected chi connectivity index (χ4v) is 4.69. The number of aryl methyl sites for hydroxylation is 1. The fraction of sp³-hybridized carbons (Fsp3) is 0.538. The maximum atomic E-state index is 12.4. The van der Waals surface area contributed by atoms with Gasteiger partial charge in [-0.25, -0.2) is 13.1 Å². The Bertz CT molecular complexity index is 559. The molecular formula is C13H18BrNO3S. The normalized spacial score (nSPS) is 24.4. The van der Waals surface area contributed by atoms with E-state index >= 15 is 0 Å². The molecule has 1 fully saturated rings. The van der Waals surface area contributed by atoms with Gasteiger partial charge in [0, 0.05) is 17.1 Å². The van der Waals surface area contributed by atoms with E-state index in [0.29, 0.717) is 23.9 Å². The van der Waals surface area contributed by atoms with Gasteiger partial charge in [-0.3, -0.25) is 0 Å². The van der Waals surface area contributed by atoms with Gasteiger partial charge in [-0.15, -0.1) is 0 Å². The molecule has 1 aromatic carbocycles. The molecule has 1 heterocycles. The van der Waals surface area contributed by atoms with Crippen LogP contribution in [0.5, 0.6) is 0 Å². The maximum absolute atomic E-state index is 12.4. The van der Waals surface area contributed by atoms with Crippen molar-refractivity contribution in [3.63, 3.8) is 0 Å². The van der Waals surface area contributed by atoms with Crippen LogP contribution < -0.4 is 4.72 Å². The molecule has 0 aromatic heterocycles. The van der Waals surface area contributed by atoms with E-state index in [-0.39, 0.29) is 17.0 Å². The van der Waals surface area contributed by atoms with Crippen LogP contribution in [0.25, 0.3) is 0 Å². The Balaban J connectivity index is 2.18. The lowest BCUT2D eigenvalue weighted by atomic mass is 10.1. The SMILES string of the molecule is Cc1ccc(S(=O)(=O)NC2CCOC(C)C2)c(Br)c1. The number of benzene rings is 1. The number of hydrogen-bond donors (Lipinski definition) is 1. The summed E-state index contributed by atoms with van der Waals surface area (Å²) in [6, 6.07) is 5.18. The predicted octanol–water partition coefficient (Wildman–Crippen LogP) is 2.60. The molecule has 106 valence electrons. The number of hydrogen-bond acceptors (Lipinski definition) is 3. The van der Waals surface area contributed by atoms with Gasteiger partial charge in [-0.1, -0.05) is 6.07 Å². The number of halogens is 1. The van der Waals surface area contributed by atoms with E-state index in [9.17, 15) is 8.42 Å². The van der Waals surface area contributed by atoms with Crippen LogP contribution in [0.1, 0.15) is 25.3 Å². The molecule has 0 saturated carbocycles. The fourth-order valence-electron chi connectivity index (χ4n) is 2.21. The van der Waals surface area contributed by atoms with Crippen LogP contribution in [-0.4, -0.2) is 27.2 Å². The molecule has 4 nitrogen and oxygen atoms in total. The zero-order valence-electron chi connectivity index (χ0n) is 11.0. The molecule has 2 rings (SSSR count). The summed E-state index contributed by atoms with van der Waals surface area (Å²) in [5.41, 5.74) is 1.02. The molecule has 1 aliphatic rings. The maximum Gasteiger partial charge on any atom is 0.241 e. The molecule has 1 N–H and O–H groups in total. The molecule has 1 aromatic rings. The van der Waals surface area contributed by atoms with Gasteiger partial charge < -0.3 is 4.74 Å². The van der Waals surface area contributed by atoms with Gasteiger partial charge >= 0.3 is 0 Å². The Labute approximate surface area is 122 Å². The Hall–Kier alpha value is -0.430. The molecule has 2 unspecified atom stereocenters. The molecule has 6 heteroatoms. The summed E-state index contributed by atoms with van der Waals surface area (Å²) in [6.45, 7) is 4.49. The lowest BCUT2D eigenvalue weighted by molar-refractivity contribution is 0.0173. The molecule has 0 aliphatic carbocycles. The van der Waals surface area contributed by atoms with Gasteiger partial charge in [0.05, 0.1) is 11.0 Å².